The molecule has 0 fully saturated rings. The Bertz CT molecular complexity index is 1240. The largest absolute Gasteiger partial charge is 0.482 e. The number of halogens is 1. The highest BCUT2D eigenvalue weighted by molar-refractivity contribution is 7.85. The van der Waals surface area contributed by atoms with Gasteiger partial charge in [-0.25, -0.2) is 13.7 Å². The lowest BCUT2D eigenvalue weighted by atomic mass is 9.98. The molecule has 1 amide bonds. The highest BCUT2D eigenvalue weighted by Crippen LogP contribution is 2.36. The standard InChI is InChI=1S/C24H25FN4O2S/c1-14-20-10-17(25)6-8-19(20)24(30)29(2)13-15-5-7-18(28-32(3)4)11-21(15)16-9-22(31-14)23(26)27-12-16/h5-12,14H,13H2,1-4H3,(H2,26,27). The van der Waals surface area contributed by atoms with Crippen molar-refractivity contribution in [3.05, 3.63) is 71.2 Å². The topological polar surface area (TPSA) is 80.8 Å². The van der Waals surface area contributed by atoms with Crippen molar-refractivity contribution >= 4 is 28.1 Å². The summed E-state index contributed by atoms with van der Waals surface area (Å²) < 4.78 is 24.8. The van der Waals surface area contributed by atoms with Crippen LogP contribution in [-0.4, -0.2) is 35.4 Å². The summed E-state index contributed by atoms with van der Waals surface area (Å²) in [5, 5.41) is 0. The summed E-state index contributed by atoms with van der Waals surface area (Å²) in [5.74, 6) is -0.0426. The summed E-state index contributed by atoms with van der Waals surface area (Å²) in [6, 6.07) is 11.9. The zero-order valence-electron chi connectivity index (χ0n) is 18.4. The number of nitrogen functional groups attached to an aromatic ring is 1. The molecule has 3 aromatic rings. The fourth-order valence-corrected chi connectivity index (χ4v) is 4.32. The van der Waals surface area contributed by atoms with Crippen molar-refractivity contribution in [3.63, 3.8) is 0 Å². The highest BCUT2D eigenvalue weighted by Gasteiger charge is 2.24. The number of hydrogen-bond donors (Lipinski definition) is 1. The van der Waals surface area contributed by atoms with Gasteiger partial charge in [0.15, 0.2) is 11.6 Å². The number of anilines is 1. The Morgan fingerprint density at radius 2 is 1.97 bits per heavy atom. The van der Waals surface area contributed by atoms with E-state index in [2.05, 4.69) is 9.35 Å². The number of carbonyl (C=O) groups excluding carboxylic acids is 1. The molecule has 2 heterocycles. The molecule has 4 rings (SSSR count). The van der Waals surface area contributed by atoms with E-state index in [4.69, 9.17) is 10.5 Å². The number of amides is 1. The van der Waals surface area contributed by atoms with Crippen LogP contribution in [0, 0.1) is 5.82 Å². The third-order valence-electron chi connectivity index (χ3n) is 5.31. The zero-order chi connectivity index (χ0) is 23.0. The number of aromatic nitrogens is 1. The molecule has 1 aliphatic heterocycles. The van der Waals surface area contributed by atoms with Crippen LogP contribution in [0.25, 0.3) is 11.1 Å². The van der Waals surface area contributed by atoms with Crippen LogP contribution in [0.1, 0.15) is 34.5 Å². The SMILES string of the molecule is CC1Oc2cc(cnc2N)-c2cc(N=S(C)C)ccc2CN(C)C(=O)c2ccc(F)cc21. The van der Waals surface area contributed by atoms with Gasteiger partial charge in [0.25, 0.3) is 5.91 Å². The smallest absolute Gasteiger partial charge is 0.254 e. The van der Waals surface area contributed by atoms with Gasteiger partial charge in [-0.3, -0.25) is 4.79 Å². The molecule has 0 aliphatic carbocycles. The molecule has 8 heteroatoms. The molecular formula is C24H25FN4O2S. The molecule has 166 valence electrons. The summed E-state index contributed by atoms with van der Waals surface area (Å²) in [5.41, 5.74) is 10.4. The van der Waals surface area contributed by atoms with Gasteiger partial charge in [0.05, 0.1) is 5.69 Å². The van der Waals surface area contributed by atoms with E-state index < -0.39 is 11.9 Å². The van der Waals surface area contributed by atoms with Gasteiger partial charge in [-0.1, -0.05) is 6.07 Å². The maximum Gasteiger partial charge on any atom is 0.254 e. The van der Waals surface area contributed by atoms with E-state index in [0.717, 1.165) is 22.4 Å². The van der Waals surface area contributed by atoms with Crippen LogP contribution in [0.3, 0.4) is 0 Å². The predicted molar refractivity (Wildman–Crippen MR) is 127 cm³/mol. The van der Waals surface area contributed by atoms with E-state index in [1.165, 1.54) is 18.2 Å². The van der Waals surface area contributed by atoms with Crippen LogP contribution >= 0.6 is 0 Å². The van der Waals surface area contributed by atoms with Crippen molar-refractivity contribution in [3.8, 4) is 16.9 Å². The average molecular weight is 453 g/mol. The summed E-state index contributed by atoms with van der Waals surface area (Å²) in [7, 11) is 1.61. The summed E-state index contributed by atoms with van der Waals surface area (Å²) in [4.78, 5) is 19.2. The number of nitrogens with zero attached hydrogens (tertiary/aromatic N) is 3. The minimum Gasteiger partial charge on any atom is -0.482 e. The number of fused-ring (bicyclic) bond motifs is 5. The number of rotatable bonds is 1. The Balaban J connectivity index is 1.93. The monoisotopic (exact) mass is 452 g/mol. The second-order valence-corrected chi connectivity index (χ2v) is 9.70. The first kappa shape index (κ1) is 22.0. The number of pyridine rings is 1. The molecule has 2 N–H and O–H groups in total. The van der Waals surface area contributed by atoms with Crippen LogP contribution in [0.2, 0.25) is 0 Å². The summed E-state index contributed by atoms with van der Waals surface area (Å²) in [6.45, 7) is 2.13. The van der Waals surface area contributed by atoms with Gasteiger partial charge in [0, 0.05) is 36.5 Å². The number of benzene rings is 2. The Morgan fingerprint density at radius 1 is 1.19 bits per heavy atom. The minimum absolute atomic E-state index is 0.120. The van der Waals surface area contributed by atoms with E-state index in [0.29, 0.717) is 23.4 Å². The van der Waals surface area contributed by atoms with Gasteiger partial charge in [-0.05, 0) is 67.0 Å². The number of hydrogen-bond acceptors (Lipinski definition) is 5. The van der Waals surface area contributed by atoms with Crippen LogP contribution in [0.15, 0.2) is 53.0 Å². The second-order valence-electron chi connectivity index (χ2n) is 7.97. The average Bonchev–Trinajstić information content (AvgIpc) is 2.74. The van der Waals surface area contributed by atoms with E-state index in [1.807, 2.05) is 36.8 Å². The van der Waals surface area contributed by atoms with Crippen molar-refractivity contribution < 1.29 is 13.9 Å². The van der Waals surface area contributed by atoms with Gasteiger partial charge >= 0.3 is 0 Å². The van der Waals surface area contributed by atoms with Crippen LogP contribution in [0.4, 0.5) is 15.9 Å². The van der Waals surface area contributed by atoms with Gasteiger partial charge < -0.3 is 15.4 Å². The van der Waals surface area contributed by atoms with Crippen molar-refractivity contribution in [1.29, 1.82) is 0 Å². The molecule has 0 spiro atoms. The first-order valence-electron chi connectivity index (χ1n) is 10.1. The summed E-state index contributed by atoms with van der Waals surface area (Å²) >= 11 is 0. The Labute approximate surface area is 189 Å². The van der Waals surface area contributed by atoms with E-state index in [1.54, 1.807) is 25.1 Å². The van der Waals surface area contributed by atoms with E-state index in [-0.39, 0.29) is 22.4 Å². The minimum atomic E-state index is -0.611. The first-order chi connectivity index (χ1) is 15.2. The molecule has 6 nitrogen and oxygen atoms in total. The van der Waals surface area contributed by atoms with Crippen molar-refractivity contribution in [2.24, 2.45) is 4.36 Å². The highest BCUT2D eigenvalue weighted by atomic mass is 32.2. The van der Waals surface area contributed by atoms with Crippen molar-refractivity contribution in [2.75, 3.05) is 25.3 Å². The predicted octanol–water partition coefficient (Wildman–Crippen LogP) is 4.89. The summed E-state index contributed by atoms with van der Waals surface area (Å²) in [6.07, 6.45) is 5.17. The molecule has 0 radical (unpaired) electrons. The third-order valence-corrected chi connectivity index (χ3v) is 5.89. The quantitative estimate of drug-likeness (QED) is 0.570. The number of carbonyl (C=O) groups is 1. The van der Waals surface area contributed by atoms with Gasteiger partial charge in [-0.2, -0.15) is 0 Å². The zero-order valence-corrected chi connectivity index (χ0v) is 19.2. The second kappa shape index (κ2) is 8.70. The van der Waals surface area contributed by atoms with E-state index >= 15 is 0 Å². The fourth-order valence-electron chi connectivity index (χ4n) is 3.79. The maximum absolute atomic E-state index is 14.0. The Hall–Kier alpha value is -3.26. The Kier molecular flexibility index (Phi) is 5.97. The van der Waals surface area contributed by atoms with Crippen LogP contribution in [-0.2, 0) is 17.2 Å². The lowest BCUT2D eigenvalue weighted by Crippen LogP contribution is -2.28. The van der Waals surface area contributed by atoms with Crippen LogP contribution in [0.5, 0.6) is 5.75 Å². The number of nitrogens with two attached hydrogens (primary N) is 1. The lowest BCUT2D eigenvalue weighted by molar-refractivity contribution is 0.0780. The molecule has 1 aliphatic rings. The van der Waals surface area contributed by atoms with E-state index in [9.17, 15) is 9.18 Å². The van der Waals surface area contributed by atoms with Gasteiger partial charge in [-0.15, -0.1) is 10.7 Å². The van der Waals surface area contributed by atoms with Crippen molar-refractivity contribution in [2.45, 2.75) is 19.6 Å². The molecule has 1 aromatic heterocycles. The molecule has 2 bridgehead atoms. The third kappa shape index (κ3) is 4.36. The molecule has 32 heavy (non-hydrogen) atoms. The molecule has 2 aromatic carbocycles. The normalized spacial score (nSPS) is 15.9. The number of ether oxygens (including phenoxy) is 1. The maximum atomic E-state index is 14.0. The van der Waals surface area contributed by atoms with Crippen LogP contribution < -0.4 is 10.5 Å². The molecule has 1 unspecified atom stereocenters. The molecule has 0 saturated heterocycles. The van der Waals surface area contributed by atoms with Gasteiger partial charge in [0.2, 0.25) is 0 Å². The van der Waals surface area contributed by atoms with Gasteiger partial charge in [0.1, 0.15) is 11.9 Å². The Morgan fingerprint density at radius 3 is 2.72 bits per heavy atom. The molecule has 1 atom stereocenters. The lowest BCUT2D eigenvalue weighted by Gasteiger charge is -2.25. The molecule has 0 saturated carbocycles. The fraction of sp³-hybridized carbons (Fsp3) is 0.250. The first-order valence-corrected chi connectivity index (χ1v) is 12.1. The van der Waals surface area contributed by atoms with Crippen molar-refractivity contribution in [1.82, 2.24) is 9.88 Å². The molecular weight excluding hydrogens is 427 g/mol.